The molecular weight excluding hydrogens is 86.1 g/mol. The normalized spacial score (nSPS) is 3.20. The zero-order valence-electron chi connectivity index (χ0n) is 2.26. The van der Waals surface area contributed by atoms with Gasteiger partial charge in [0.1, 0.15) is 0 Å². The van der Waals surface area contributed by atoms with Crippen LogP contribution in [0.2, 0.25) is 0 Å². The number of isothiocyanates is 1. The summed E-state index contributed by atoms with van der Waals surface area (Å²) in [6.07, 6.45) is 1.18. The third kappa shape index (κ3) is 3.29. The molecule has 0 bridgehead atoms. The van der Waals surface area contributed by atoms with Crippen molar-refractivity contribution in [2.24, 2.45) is 0 Å². The summed E-state index contributed by atoms with van der Waals surface area (Å²) in [5.74, 6) is 0. The molecule has 0 aliphatic carbocycles. The molecule has 0 aromatic heterocycles. The Bertz CT molecular complexity index is 102. The van der Waals surface area contributed by atoms with Crippen LogP contribution in [0.4, 0.5) is 0 Å². The molecule has 0 unspecified atom stereocenters. The summed E-state index contributed by atoms with van der Waals surface area (Å²) in [5.41, 5.74) is 0. The molecule has 0 amide bonds. The lowest BCUT2D eigenvalue weighted by atomic mass is 11.5. The van der Waals surface area contributed by atoms with E-state index < -0.39 is 0 Å². The summed E-state index contributed by atoms with van der Waals surface area (Å²) in [6, 6.07) is 0. The molecule has 0 saturated carbocycles. The number of hydrogen-bond acceptors (Lipinski definition) is 2. The van der Waals surface area contributed by atoms with Gasteiger partial charge in [0.05, 0.1) is 16.9 Å². The molecule has 3 heteroatoms. The van der Waals surface area contributed by atoms with Crippen molar-refractivity contribution < 1.29 is 4.79 Å². The van der Waals surface area contributed by atoms with E-state index in [1.165, 1.54) is 6.08 Å². The Morgan fingerprint density at radius 3 is 2.40 bits per heavy atom. The zero-order chi connectivity index (χ0) is 4.12. The number of nitrogens with zero attached hydrogens (tertiary/aromatic N) is 1. The monoisotopic (exact) mass is 86.0 g/mol. The van der Waals surface area contributed by atoms with Gasteiger partial charge in [0.15, 0.2) is 0 Å². The Morgan fingerprint density at radius 1 is 1.80 bits per heavy atom. The highest BCUT2D eigenvalue weighted by atomic mass is 32.1. The first kappa shape index (κ1) is 4.29. The second-order valence-corrected chi connectivity index (χ2v) is 0.477. The molecule has 0 spiro atoms. The highest BCUT2D eigenvalue weighted by Gasteiger charge is 1.52. The smallest absolute Gasteiger partial charge is 0.144 e. The van der Waals surface area contributed by atoms with E-state index in [0.29, 0.717) is 0 Å². The van der Waals surface area contributed by atoms with Crippen LogP contribution in [0.5, 0.6) is 0 Å². The number of isocyanates is 1. The fourth-order valence-electron chi connectivity index (χ4n) is 0.0186. The van der Waals surface area contributed by atoms with E-state index in [-0.39, 0.29) is 0 Å². The van der Waals surface area contributed by atoms with Crippen LogP contribution in [-0.4, -0.2) is 11.2 Å². The van der Waals surface area contributed by atoms with Crippen LogP contribution in [0.15, 0.2) is 0 Å². The van der Waals surface area contributed by atoms with E-state index in [1.807, 2.05) is 0 Å². The maximum Gasteiger partial charge on any atom is 0.583 e. The van der Waals surface area contributed by atoms with E-state index in [0.717, 1.165) is 0 Å². The minimum absolute atomic E-state index is 1.18. The van der Waals surface area contributed by atoms with E-state index >= 15 is 0 Å². The van der Waals surface area contributed by atoms with Gasteiger partial charge in [-0.3, -0.25) is 0 Å². The van der Waals surface area contributed by atoms with Gasteiger partial charge in [0.25, 0.3) is 0 Å². The van der Waals surface area contributed by atoms with Gasteiger partial charge >= 0.3 is 11.2 Å². The Balaban J connectivity index is 4.38. The molecule has 0 aromatic rings. The van der Waals surface area contributed by atoms with Crippen LogP contribution in [0.1, 0.15) is 0 Å². The fourth-order valence-corrected chi connectivity index (χ4v) is 0.0559. The fraction of sp³-hybridized carbons (Fsp3) is 0. The molecule has 0 radical (unpaired) electrons. The lowest BCUT2D eigenvalue weighted by molar-refractivity contribution is 0.565. The zero-order valence-corrected chi connectivity index (χ0v) is 3.08. The Kier molecular flexibility index (Phi) is 2.82. The van der Waals surface area contributed by atoms with E-state index in [4.69, 9.17) is 4.79 Å². The molecule has 0 saturated heterocycles. The quantitative estimate of drug-likeness (QED) is 0.172. The molecule has 0 fully saturated rings. The summed E-state index contributed by atoms with van der Waals surface area (Å²) in [4.78, 5) is 8.98. The molecule has 5 heavy (non-hydrogen) atoms. The molecule has 24 valence electrons. The van der Waals surface area contributed by atoms with Crippen molar-refractivity contribution in [1.82, 2.24) is 4.67 Å². The van der Waals surface area contributed by atoms with E-state index in [2.05, 4.69) is 16.9 Å². The highest BCUT2D eigenvalue weighted by Crippen LogP contribution is 1.15. The minimum atomic E-state index is 1.18. The summed E-state index contributed by atoms with van der Waals surface area (Å²) < 4.78 is 2.73. The Morgan fingerprint density at radius 2 is 2.40 bits per heavy atom. The molecule has 0 atom stereocenters. The van der Waals surface area contributed by atoms with Gasteiger partial charge in [0.2, 0.25) is 0 Å². The van der Waals surface area contributed by atoms with Crippen LogP contribution >= 0.6 is 12.2 Å². The van der Waals surface area contributed by atoms with E-state index in [9.17, 15) is 0 Å². The van der Waals surface area contributed by atoms with Crippen molar-refractivity contribution in [3.05, 3.63) is 0 Å². The highest BCUT2D eigenvalue weighted by molar-refractivity contribution is 7.78. The van der Waals surface area contributed by atoms with Gasteiger partial charge < -0.3 is 0 Å². The lowest BCUT2D eigenvalue weighted by Gasteiger charge is -0.980. The standard InChI is InChI=1S/C2NOS/c4-1-3-2-5/q+1. The van der Waals surface area contributed by atoms with Crippen LogP contribution in [0.25, 0.3) is 0 Å². The third-order valence-corrected chi connectivity index (χ3v) is 0.183. The Labute approximate surface area is 33.9 Å². The maximum absolute atomic E-state index is 8.98. The molecule has 0 aromatic carbocycles. The molecule has 0 N–H and O–H groups in total. The molecule has 0 heterocycles. The van der Waals surface area contributed by atoms with Crippen molar-refractivity contribution in [3.8, 4) is 0 Å². The summed E-state index contributed by atoms with van der Waals surface area (Å²) >= 11 is 3.97. The molecule has 2 nitrogen and oxygen atoms in total. The summed E-state index contributed by atoms with van der Waals surface area (Å²) in [7, 11) is 0. The van der Waals surface area contributed by atoms with Crippen LogP contribution in [0, 0.1) is 0 Å². The molecule has 0 aliphatic heterocycles. The number of thiocarbonyl (C=S) groups is 1. The lowest BCUT2D eigenvalue weighted by Crippen LogP contribution is -1.53. The predicted molar refractivity (Wildman–Crippen MR) is 20.4 cm³/mol. The first-order valence-electron chi connectivity index (χ1n) is 0.855. The minimum Gasteiger partial charge on any atom is -0.144 e. The largest absolute Gasteiger partial charge is 0.583 e. The van der Waals surface area contributed by atoms with Crippen LogP contribution < -0.4 is 4.67 Å². The average molecular weight is 86.1 g/mol. The van der Waals surface area contributed by atoms with Gasteiger partial charge in [-0.15, -0.1) is 4.79 Å². The summed E-state index contributed by atoms with van der Waals surface area (Å²) in [6.45, 7) is 0. The number of carbonyl (C=O) groups excluding carboxylic acids is 1. The van der Waals surface area contributed by atoms with Gasteiger partial charge in [-0.25, -0.2) is 0 Å². The van der Waals surface area contributed by atoms with Crippen molar-refractivity contribution >= 4 is 23.5 Å². The van der Waals surface area contributed by atoms with Gasteiger partial charge in [-0.2, -0.15) is 0 Å². The maximum atomic E-state index is 8.98. The average Bonchev–Trinajstić information content (AvgIpc) is 1.41. The Hall–Kier alpha value is -0.710. The number of rotatable bonds is 0. The first-order chi connectivity index (χ1) is 2.41. The third-order valence-electron chi connectivity index (χ3n) is 0.0913. The molecule has 0 aliphatic rings. The van der Waals surface area contributed by atoms with Crippen molar-refractivity contribution in [1.29, 1.82) is 0 Å². The second-order valence-electron chi connectivity index (χ2n) is 0.294. The van der Waals surface area contributed by atoms with Crippen molar-refractivity contribution in [3.63, 3.8) is 0 Å². The summed E-state index contributed by atoms with van der Waals surface area (Å²) in [5, 5.41) is 1.80. The van der Waals surface area contributed by atoms with Crippen LogP contribution in [0.3, 0.4) is 0 Å². The van der Waals surface area contributed by atoms with Gasteiger partial charge in [0, 0.05) is 0 Å². The van der Waals surface area contributed by atoms with E-state index in [1.54, 1.807) is 5.16 Å². The predicted octanol–water partition coefficient (Wildman–Crippen LogP) is -0.508. The van der Waals surface area contributed by atoms with Crippen molar-refractivity contribution in [2.75, 3.05) is 0 Å². The number of hydrogen-bond donors (Lipinski definition) is 0. The molecular formula is C2NOS+. The van der Waals surface area contributed by atoms with Crippen LogP contribution in [-0.2, 0) is 4.79 Å². The van der Waals surface area contributed by atoms with Gasteiger partial charge in [-0.1, -0.05) is 0 Å². The van der Waals surface area contributed by atoms with Gasteiger partial charge in [-0.05, 0) is 0 Å². The van der Waals surface area contributed by atoms with Crippen molar-refractivity contribution in [2.45, 2.75) is 0 Å². The topological polar surface area (TPSA) is 31.2 Å². The SMILES string of the molecule is O=C=[N+]=C=S. The molecule has 0 rings (SSSR count). The second kappa shape index (κ2) is 3.29. The first-order valence-corrected chi connectivity index (χ1v) is 1.26.